The van der Waals surface area contributed by atoms with E-state index in [0.29, 0.717) is 17.8 Å². The molecule has 6 heteroatoms. The molecular formula is C26H37N3O3. The highest BCUT2D eigenvalue weighted by atomic mass is 16.6. The maximum Gasteiger partial charge on any atom is 0.290 e. The highest BCUT2D eigenvalue weighted by Crippen LogP contribution is 2.19. The fourth-order valence-corrected chi connectivity index (χ4v) is 2.96. The Kier molecular flexibility index (Phi) is 14.9. The molecule has 0 atom stereocenters. The normalized spacial score (nSPS) is 11.9. The largest absolute Gasteiger partial charge is 0.311 e. The van der Waals surface area contributed by atoms with Gasteiger partial charge in [-0.25, -0.2) is 4.98 Å². The molecule has 0 bridgehead atoms. The Hall–Kier alpha value is -3.02. The van der Waals surface area contributed by atoms with Crippen LogP contribution in [0.25, 0.3) is 0 Å². The van der Waals surface area contributed by atoms with E-state index in [-0.39, 0.29) is 11.6 Å². The van der Waals surface area contributed by atoms with Gasteiger partial charge in [0.1, 0.15) is 12.0 Å². The Morgan fingerprint density at radius 3 is 2.06 bits per heavy atom. The first-order valence-electron chi connectivity index (χ1n) is 11.6. The van der Waals surface area contributed by atoms with E-state index in [1.165, 1.54) is 37.9 Å². The van der Waals surface area contributed by atoms with Crippen molar-refractivity contribution in [1.29, 1.82) is 0 Å². The third-order valence-corrected chi connectivity index (χ3v) is 4.78. The van der Waals surface area contributed by atoms with Crippen LogP contribution in [0.2, 0.25) is 0 Å². The van der Waals surface area contributed by atoms with Crippen molar-refractivity contribution >= 4 is 17.4 Å². The minimum Gasteiger partial charge on any atom is -0.311 e. The van der Waals surface area contributed by atoms with Gasteiger partial charge < -0.3 is 5.32 Å². The molecule has 1 heterocycles. The lowest BCUT2D eigenvalue weighted by molar-refractivity contribution is -0.385. The third-order valence-electron chi connectivity index (χ3n) is 4.78. The van der Waals surface area contributed by atoms with Gasteiger partial charge in [0, 0.05) is 12.0 Å². The van der Waals surface area contributed by atoms with Crippen molar-refractivity contribution in [3.05, 3.63) is 76.5 Å². The molecular weight excluding hydrogens is 402 g/mol. The summed E-state index contributed by atoms with van der Waals surface area (Å²) >= 11 is 0. The van der Waals surface area contributed by atoms with Gasteiger partial charge in [-0.1, -0.05) is 68.4 Å². The van der Waals surface area contributed by atoms with Crippen LogP contribution in [-0.4, -0.2) is 15.8 Å². The molecule has 0 saturated carbocycles. The fraction of sp³-hybridized carbons (Fsp3) is 0.462. The van der Waals surface area contributed by atoms with Crippen molar-refractivity contribution in [3.8, 4) is 0 Å². The molecule has 0 fully saturated rings. The van der Waals surface area contributed by atoms with Crippen LogP contribution >= 0.6 is 0 Å². The van der Waals surface area contributed by atoms with Crippen molar-refractivity contribution in [2.45, 2.75) is 78.1 Å². The first-order chi connectivity index (χ1) is 15.5. The number of amides is 1. The zero-order valence-electron chi connectivity index (χ0n) is 19.5. The molecule has 0 aliphatic carbocycles. The number of pyridine rings is 1. The molecule has 1 rings (SSSR count). The Balaban J connectivity index is 2.08. The van der Waals surface area contributed by atoms with Crippen LogP contribution in [0.3, 0.4) is 0 Å². The number of aryl methyl sites for hydroxylation is 1. The Morgan fingerprint density at radius 2 is 1.53 bits per heavy atom. The Morgan fingerprint density at radius 1 is 0.969 bits per heavy atom. The molecule has 1 aromatic rings. The summed E-state index contributed by atoms with van der Waals surface area (Å²) in [5.41, 5.74) is 0.421. The molecule has 1 amide bonds. The lowest BCUT2D eigenvalue weighted by atomic mass is 10.2. The number of anilines is 1. The zero-order valence-corrected chi connectivity index (χ0v) is 19.5. The highest BCUT2D eigenvalue weighted by Gasteiger charge is 2.12. The SMILES string of the molecule is CCCCC/C=C\C/C=C\C/C=C\C/C=C\CCCC(=O)Nc1cc(C)c([N+](=O)[O-])cn1. The standard InChI is InChI=1S/C26H37N3O3/c1-3-4-5-6-7-8-9-10-11-12-13-14-15-16-17-18-19-20-26(30)28-25-21-23(2)24(22-27-25)29(31)32/h7-8,10-11,13-14,16-17,21-22H,3-6,9,12,15,18-20H2,1-2H3,(H,27,28,30)/b8-7-,11-10-,14-13-,17-16-. The third kappa shape index (κ3) is 13.3. The van der Waals surface area contributed by atoms with E-state index >= 15 is 0 Å². The van der Waals surface area contributed by atoms with Crippen LogP contribution in [0.15, 0.2) is 60.9 Å². The van der Waals surface area contributed by atoms with Crippen molar-refractivity contribution < 1.29 is 9.72 Å². The first-order valence-corrected chi connectivity index (χ1v) is 11.6. The molecule has 0 aliphatic heterocycles. The van der Waals surface area contributed by atoms with Gasteiger partial charge in [-0.3, -0.25) is 14.9 Å². The van der Waals surface area contributed by atoms with Crippen LogP contribution in [0.4, 0.5) is 11.5 Å². The lowest BCUT2D eigenvalue weighted by Crippen LogP contribution is -2.12. The average molecular weight is 440 g/mol. The quantitative estimate of drug-likeness (QED) is 0.126. The van der Waals surface area contributed by atoms with Gasteiger partial charge in [-0.15, -0.1) is 0 Å². The van der Waals surface area contributed by atoms with Gasteiger partial charge >= 0.3 is 0 Å². The Labute approximate surface area is 192 Å². The number of aromatic nitrogens is 1. The number of carbonyl (C=O) groups is 1. The second-order valence-corrected chi connectivity index (χ2v) is 7.64. The summed E-state index contributed by atoms with van der Waals surface area (Å²) in [6.45, 7) is 3.85. The number of hydrogen-bond acceptors (Lipinski definition) is 4. The van der Waals surface area contributed by atoms with E-state index < -0.39 is 4.92 Å². The highest BCUT2D eigenvalue weighted by molar-refractivity contribution is 5.89. The van der Waals surface area contributed by atoms with E-state index in [1.807, 2.05) is 0 Å². The number of nitrogens with one attached hydrogen (secondary N) is 1. The summed E-state index contributed by atoms with van der Waals surface area (Å²) < 4.78 is 0. The molecule has 1 aromatic heterocycles. The number of unbranched alkanes of at least 4 members (excludes halogenated alkanes) is 4. The monoisotopic (exact) mass is 439 g/mol. The van der Waals surface area contributed by atoms with E-state index in [4.69, 9.17) is 0 Å². The van der Waals surface area contributed by atoms with Crippen LogP contribution in [-0.2, 0) is 4.79 Å². The summed E-state index contributed by atoms with van der Waals surface area (Å²) in [6, 6.07) is 1.52. The van der Waals surface area contributed by atoms with Gasteiger partial charge in [0.15, 0.2) is 0 Å². The molecule has 0 radical (unpaired) electrons. The molecule has 0 aliphatic rings. The minimum atomic E-state index is -0.485. The predicted molar refractivity (Wildman–Crippen MR) is 133 cm³/mol. The smallest absolute Gasteiger partial charge is 0.290 e. The number of allylic oxidation sites excluding steroid dienone is 8. The summed E-state index contributed by atoms with van der Waals surface area (Å²) in [4.78, 5) is 26.2. The second kappa shape index (κ2) is 17.6. The van der Waals surface area contributed by atoms with Crippen molar-refractivity contribution in [2.75, 3.05) is 5.32 Å². The lowest BCUT2D eigenvalue weighted by Gasteiger charge is -2.04. The predicted octanol–water partition coefficient (Wildman–Crippen LogP) is 7.38. The van der Waals surface area contributed by atoms with Gasteiger partial charge in [-0.2, -0.15) is 0 Å². The molecule has 0 saturated heterocycles. The summed E-state index contributed by atoms with van der Waals surface area (Å²) in [6.07, 6.45) is 28.5. The van der Waals surface area contributed by atoms with Crippen molar-refractivity contribution in [1.82, 2.24) is 4.98 Å². The minimum absolute atomic E-state index is 0.0523. The fourth-order valence-electron chi connectivity index (χ4n) is 2.96. The summed E-state index contributed by atoms with van der Waals surface area (Å²) in [5.74, 6) is 0.206. The number of rotatable bonds is 16. The average Bonchev–Trinajstić information content (AvgIpc) is 2.75. The summed E-state index contributed by atoms with van der Waals surface area (Å²) in [5, 5.41) is 13.5. The van der Waals surface area contributed by atoms with E-state index in [9.17, 15) is 14.9 Å². The molecule has 0 spiro atoms. The van der Waals surface area contributed by atoms with E-state index in [2.05, 4.69) is 65.8 Å². The van der Waals surface area contributed by atoms with Crippen molar-refractivity contribution in [3.63, 3.8) is 0 Å². The van der Waals surface area contributed by atoms with Crippen molar-refractivity contribution in [2.24, 2.45) is 0 Å². The first kappa shape index (κ1) is 27.0. The van der Waals surface area contributed by atoms with Gasteiger partial charge in [0.2, 0.25) is 5.91 Å². The van der Waals surface area contributed by atoms with E-state index in [0.717, 1.165) is 32.1 Å². The maximum absolute atomic E-state index is 12.0. The van der Waals surface area contributed by atoms with Crippen LogP contribution in [0.1, 0.15) is 76.7 Å². The maximum atomic E-state index is 12.0. The summed E-state index contributed by atoms with van der Waals surface area (Å²) in [7, 11) is 0. The number of carbonyl (C=O) groups excluding carboxylic acids is 1. The second-order valence-electron chi connectivity index (χ2n) is 7.64. The molecule has 32 heavy (non-hydrogen) atoms. The van der Waals surface area contributed by atoms with E-state index in [1.54, 1.807) is 6.92 Å². The molecule has 0 aromatic carbocycles. The van der Waals surface area contributed by atoms with Gasteiger partial charge in [-0.05, 0) is 57.9 Å². The molecule has 1 N–H and O–H groups in total. The zero-order chi connectivity index (χ0) is 23.4. The topological polar surface area (TPSA) is 85.1 Å². The van der Waals surface area contributed by atoms with Crippen LogP contribution in [0, 0.1) is 17.0 Å². The number of hydrogen-bond donors (Lipinski definition) is 1. The van der Waals surface area contributed by atoms with Crippen LogP contribution < -0.4 is 5.32 Å². The van der Waals surface area contributed by atoms with Crippen LogP contribution in [0.5, 0.6) is 0 Å². The Bertz CT molecular complexity index is 811. The molecule has 174 valence electrons. The molecule has 6 nitrogen and oxygen atoms in total. The molecule has 0 unspecified atom stereocenters. The van der Waals surface area contributed by atoms with Gasteiger partial charge in [0.25, 0.3) is 5.69 Å². The number of nitrogens with zero attached hydrogens (tertiary/aromatic N) is 2. The van der Waals surface area contributed by atoms with Gasteiger partial charge in [0.05, 0.1) is 4.92 Å². The number of nitro groups is 1.